The second kappa shape index (κ2) is 9.32. The fourth-order valence-corrected chi connectivity index (χ4v) is 3.74. The second-order valence-electron chi connectivity index (χ2n) is 7.15. The Morgan fingerprint density at radius 1 is 1.19 bits per heavy atom. The Labute approximate surface area is 193 Å². The maximum Gasteiger partial charge on any atom is 0.277 e. The molecule has 0 bridgehead atoms. The summed E-state index contributed by atoms with van der Waals surface area (Å²) in [5.41, 5.74) is 4.12. The first-order chi connectivity index (χ1) is 15.5. The molecule has 8 heteroatoms. The van der Waals surface area contributed by atoms with Crippen LogP contribution in [0.3, 0.4) is 0 Å². The highest BCUT2D eigenvalue weighted by atomic mass is 79.9. The Bertz CT molecular complexity index is 1340. The van der Waals surface area contributed by atoms with Crippen molar-refractivity contribution in [2.75, 3.05) is 13.7 Å². The average molecular weight is 492 g/mol. The van der Waals surface area contributed by atoms with E-state index in [1.54, 1.807) is 25.4 Å². The van der Waals surface area contributed by atoms with Gasteiger partial charge < -0.3 is 15.5 Å². The lowest BCUT2D eigenvalue weighted by molar-refractivity contribution is 0.328. The molecule has 1 aliphatic carbocycles. The zero-order valence-electron chi connectivity index (χ0n) is 17.7. The third kappa shape index (κ3) is 4.40. The number of nitrogens with zero attached hydrogens (tertiary/aromatic N) is 3. The van der Waals surface area contributed by atoms with Gasteiger partial charge in [-0.05, 0) is 48.4 Å². The van der Waals surface area contributed by atoms with Gasteiger partial charge in [-0.2, -0.15) is 5.10 Å². The molecule has 0 saturated heterocycles. The predicted molar refractivity (Wildman–Crippen MR) is 130 cm³/mol. The third-order valence-electron chi connectivity index (χ3n) is 4.94. The van der Waals surface area contributed by atoms with Crippen LogP contribution in [0.15, 0.2) is 81.2 Å². The molecule has 0 amide bonds. The summed E-state index contributed by atoms with van der Waals surface area (Å²) < 4.78 is 7.93. The van der Waals surface area contributed by atoms with Crippen LogP contribution in [0.25, 0.3) is 22.2 Å². The van der Waals surface area contributed by atoms with E-state index in [9.17, 15) is 4.79 Å². The third-order valence-corrected chi connectivity index (χ3v) is 5.46. The van der Waals surface area contributed by atoms with Gasteiger partial charge in [0.1, 0.15) is 11.0 Å². The van der Waals surface area contributed by atoms with Gasteiger partial charge in [0.05, 0.1) is 24.4 Å². The van der Waals surface area contributed by atoms with E-state index < -0.39 is 0 Å². The molecule has 0 atom stereocenters. The van der Waals surface area contributed by atoms with Gasteiger partial charge in [0.25, 0.3) is 5.56 Å². The predicted octanol–water partition coefficient (Wildman–Crippen LogP) is 4.24. The molecular weight excluding hydrogens is 470 g/mol. The number of rotatable bonds is 6. The monoisotopic (exact) mass is 491 g/mol. The molecule has 0 radical (unpaired) electrons. The Balaban J connectivity index is 1.88. The Hall–Kier alpha value is -3.52. The van der Waals surface area contributed by atoms with E-state index in [2.05, 4.69) is 31.3 Å². The van der Waals surface area contributed by atoms with E-state index >= 15 is 0 Å². The molecule has 0 saturated carbocycles. The van der Waals surface area contributed by atoms with Crippen molar-refractivity contribution in [3.05, 3.63) is 86.8 Å². The molecule has 4 rings (SSSR count). The average Bonchev–Trinajstić information content (AvgIpc) is 2.78. The van der Waals surface area contributed by atoms with Gasteiger partial charge in [-0.1, -0.05) is 34.1 Å². The lowest BCUT2D eigenvalue weighted by atomic mass is 10.0. The van der Waals surface area contributed by atoms with Crippen LogP contribution >= 0.6 is 15.9 Å². The topological polar surface area (TPSA) is 92.9 Å². The molecule has 0 unspecified atom stereocenters. The Morgan fingerprint density at radius 2 is 1.97 bits per heavy atom. The fourth-order valence-electron chi connectivity index (χ4n) is 3.47. The number of fused-ring (bicyclic) bond motifs is 1. The van der Waals surface area contributed by atoms with Gasteiger partial charge in [-0.15, -0.1) is 0 Å². The highest BCUT2D eigenvalue weighted by Gasteiger charge is 2.17. The number of ether oxygens (including phenoxy) is 1. The van der Waals surface area contributed by atoms with Crippen LogP contribution in [0.5, 0.6) is 5.88 Å². The first kappa shape index (κ1) is 21.7. The Kier molecular flexibility index (Phi) is 6.32. The number of pyridine rings is 1. The molecule has 162 valence electrons. The molecule has 1 aromatic carbocycles. The molecule has 0 fully saturated rings. The molecule has 0 aliphatic heterocycles. The molecule has 7 nitrogen and oxygen atoms in total. The van der Waals surface area contributed by atoms with Gasteiger partial charge in [0.2, 0.25) is 5.88 Å². The zero-order valence-corrected chi connectivity index (χ0v) is 19.3. The van der Waals surface area contributed by atoms with Crippen LogP contribution in [0.1, 0.15) is 6.92 Å². The lowest BCUT2D eigenvalue weighted by Crippen LogP contribution is -2.26. The van der Waals surface area contributed by atoms with Crippen molar-refractivity contribution in [3.8, 4) is 17.0 Å². The van der Waals surface area contributed by atoms with E-state index in [0.29, 0.717) is 34.8 Å². The molecule has 2 aromatic heterocycles. The van der Waals surface area contributed by atoms with Crippen molar-refractivity contribution in [3.63, 3.8) is 0 Å². The summed E-state index contributed by atoms with van der Waals surface area (Å²) in [6.45, 7) is 2.64. The first-order valence-corrected chi connectivity index (χ1v) is 10.9. The van der Waals surface area contributed by atoms with Crippen molar-refractivity contribution in [1.29, 1.82) is 5.41 Å². The normalized spacial score (nSPS) is 14.7. The van der Waals surface area contributed by atoms with Gasteiger partial charge >= 0.3 is 0 Å². The van der Waals surface area contributed by atoms with Crippen molar-refractivity contribution >= 4 is 32.7 Å². The van der Waals surface area contributed by atoms with Crippen LogP contribution in [0.4, 0.5) is 0 Å². The Morgan fingerprint density at radius 3 is 2.69 bits per heavy atom. The van der Waals surface area contributed by atoms with Crippen molar-refractivity contribution in [2.24, 2.45) is 0 Å². The maximum atomic E-state index is 13.6. The summed E-state index contributed by atoms with van der Waals surface area (Å²) in [5, 5.41) is 15.6. The van der Waals surface area contributed by atoms with Crippen molar-refractivity contribution in [2.45, 2.75) is 13.5 Å². The minimum Gasteiger partial charge on any atom is -0.478 e. The largest absolute Gasteiger partial charge is 0.478 e. The maximum absolute atomic E-state index is 13.6. The number of allylic oxidation sites excluding steroid dienone is 5. The number of halogens is 1. The molecule has 3 aromatic rings. The quantitative estimate of drug-likeness (QED) is 0.537. The number of hydrogen-bond donors (Lipinski definition) is 2. The fraction of sp³-hybridized carbons (Fsp3) is 0.167. The van der Waals surface area contributed by atoms with E-state index in [-0.39, 0.29) is 12.1 Å². The summed E-state index contributed by atoms with van der Waals surface area (Å²) in [6, 6.07) is 11.1. The number of nitrogens with one attached hydrogen (secondary N) is 2. The summed E-state index contributed by atoms with van der Waals surface area (Å²) in [7, 11) is 1.79. The van der Waals surface area contributed by atoms with Crippen LogP contribution in [-0.4, -0.2) is 34.1 Å². The van der Waals surface area contributed by atoms with Gasteiger partial charge in [-0.3, -0.25) is 4.79 Å². The lowest BCUT2D eigenvalue weighted by Gasteiger charge is -2.14. The minimum absolute atomic E-state index is 0.241. The van der Waals surface area contributed by atoms with E-state index in [1.807, 2.05) is 49.4 Å². The van der Waals surface area contributed by atoms with Crippen LogP contribution in [0, 0.1) is 5.41 Å². The zero-order chi connectivity index (χ0) is 22.7. The van der Waals surface area contributed by atoms with Gasteiger partial charge in [-0.25, -0.2) is 9.67 Å². The molecule has 32 heavy (non-hydrogen) atoms. The van der Waals surface area contributed by atoms with Gasteiger partial charge in [0, 0.05) is 29.4 Å². The van der Waals surface area contributed by atoms with E-state index in [1.165, 1.54) is 4.68 Å². The second-order valence-corrected chi connectivity index (χ2v) is 8.07. The molecule has 2 N–H and O–H groups in total. The van der Waals surface area contributed by atoms with Crippen LogP contribution < -0.4 is 15.6 Å². The summed E-state index contributed by atoms with van der Waals surface area (Å²) in [5.74, 6) is 0.454. The standard InChI is InChI=1S/C24H22BrN5O2/c1-3-32-21-11-10-20-23(28-21)22(16-5-7-18(25)8-6-16)24(31)30(29-20)14-15-4-9-19(26)17(12-15)13-27-2/h4-13,26-27H,3,14H2,1-2H3/b17-13-,26-19?. The molecule has 1 aliphatic rings. The first-order valence-electron chi connectivity index (χ1n) is 10.2. The summed E-state index contributed by atoms with van der Waals surface area (Å²) >= 11 is 3.45. The molecule has 2 heterocycles. The van der Waals surface area contributed by atoms with Gasteiger partial charge in [0.15, 0.2) is 0 Å². The number of hydrogen-bond acceptors (Lipinski definition) is 6. The number of benzene rings is 1. The minimum atomic E-state index is -0.241. The number of aromatic nitrogens is 3. The highest BCUT2D eigenvalue weighted by molar-refractivity contribution is 9.10. The summed E-state index contributed by atoms with van der Waals surface area (Å²) in [4.78, 5) is 18.1. The van der Waals surface area contributed by atoms with E-state index in [0.717, 1.165) is 21.2 Å². The summed E-state index contributed by atoms with van der Waals surface area (Å²) in [6.07, 6.45) is 7.20. The smallest absolute Gasteiger partial charge is 0.277 e. The SMILES string of the molecule is CCOc1ccc2nn(CC3=C/C(=C/NC)C(=N)C=C3)c(=O)c(-c3ccc(Br)cc3)c2n1. The molecular formula is C24H22BrN5O2. The van der Waals surface area contributed by atoms with Crippen LogP contribution in [0.2, 0.25) is 0 Å². The van der Waals surface area contributed by atoms with Crippen LogP contribution in [-0.2, 0) is 6.54 Å². The van der Waals surface area contributed by atoms with Crippen molar-refractivity contribution < 1.29 is 4.74 Å². The van der Waals surface area contributed by atoms with Crippen molar-refractivity contribution in [1.82, 2.24) is 20.1 Å². The van der Waals surface area contributed by atoms with E-state index in [4.69, 9.17) is 10.1 Å². The molecule has 0 spiro atoms. The highest BCUT2D eigenvalue weighted by Crippen LogP contribution is 2.26.